The topological polar surface area (TPSA) is 90.0 Å². The summed E-state index contributed by atoms with van der Waals surface area (Å²) in [6.07, 6.45) is 2.06. The number of hydrogen-bond acceptors (Lipinski definition) is 5. The van der Waals surface area contributed by atoms with Gasteiger partial charge in [0.2, 0.25) is 5.89 Å². The number of nitrogens with zero attached hydrogens (tertiary/aromatic N) is 3. The summed E-state index contributed by atoms with van der Waals surface area (Å²) in [7, 11) is -2.19. The summed E-state index contributed by atoms with van der Waals surface area (Å²) >= 11 is 0. The highest BCUT2D eigenvalue weighted by Gasteiger charge is 2.32. The van der Waals surface area contributed by atoms with E-state index in [1.165, 1.54) is 18.2 Å². The van der Waals surface area contributed by atoms with Crippen molar-refractivity contribution in [1.29, 1.82) is 0 Å². The molecule has 1 fully saturated rings. The van der Waals surface area contributed by atoms with Gasteiger partial charge < -0.3 is 8.98 Å². The van der Waals surface area contributed by atoms with E-state index in [1.54, 1.807) is 32.4 Å². The number of aryl methyl sites for hydroxylation is 1. The maximum atomic E-state index is 13.8. The Labute approximate surface area is 162 Å². The van der Waals surface area contributed by atoms with Crippen molar-refractivity contribution >= 4 is 15.7 Å². The molecule has 1 aliphatic rings. The predicted octanol–water partition coefficient (Wildman–Crippen LogP) is 3.82. The predicted molar refractivity (Wildman–Crippen MR) is 102 cm³/mol. The van der Waals surface area contributed by atoms with Crippen molar-refractivity contribution in [2.75, 3.05) is 4.72 Å². The number of halogens is 1. The summed E-state index contributed by atoms with van der Waals surface area (Å²) in [5.74, 6) is 0.726. The van der Waals surface area contributed by atoms with Gasteiger partial charge in [-0.2, -0.15) is 0 Å². The van der Waals surface area contributed by atoms with Gasteiger partial charge in [-0.3, -0.25) is 4.72 Å². The number of hydrogen-bond donors (Lipinski definition) is 1. The highest BCUT2D eigenvalue weighted by atomic mass is 32.2. The van der Waals surface area contributed by atoms with Crippen LogP contribution >= 0.6 is 0 Å². The molecule has 0 saturated heterocycles. The smallest absolute Gasteiger partial charge is 0.264 e. The SMILES string of the molecule is Cc1ccc(NS(=O)(=O)c2c(C)c(-c3nnc(C4CC4)o3)n(C)c2C)cc1F. The number of sulfonamides is 1. The lowest BCUT2D eigenvalue weighted by molar-refractivity contribution is 0.504. The normalized spacial score (nSPS) is 14.5. The second kappa shape index (κ2) is 6.44. The number of anilines is 1. The van der Waals surface area contributed by atoms with Gasteiger partial charge in [0.1, 0.15) is 16.4 Å². The van der Waals surface area contributed by atoms with Crippen LogP contribution in [0.5, 0.6) is 0 Å². The van der Waals surface area contributed by atoms with Gasteiger partial charge in [-0.15, -0.1) is 10.2 Å². The van der Waals surface area contributed by atoms with Gasteiger partial charge in [0, 0.05) is 24.2 Å². The van der Waals surface area contributed by atoms with Crippen molar-refractivity contribution in [2.24, 2.45) is 7.05 Å². The van der Waals surface area contributed by atoms with E-state index in [0.717, 1.165) is 12.8 Å². The third kappa shape index (κ3) is 3.09. The summed E-state index contributed by atoms with van der Waals surface area (Å²) in [5.41, 5.74) is 2.21. The third-order valence-corrected chi connectivity index (χ3v) is 6.77. The number of aromatic nitrogens is 3. The molecule has 9 heteroatoms. The monoisotopic (exact) mass is 404 g/mol. The Morgan fingerprint density at radius 2 is 1.93 bits per heavy atom. The van der Waals surface area contributed by atoms with Crippen LogP contribution in [0.4, 0.5) is 10.1 Å². The number of rotatable bonds is 5. The minimum Gasteiger partial charge on any atom is -0.419 e. The molecular weight excluding hydrogens is 383 g/mol. The first-order chi connectivity index (χ1) is 13.2. The van der Waals surface area contributed by atoms with Crippen molar-refractivity contribution < 1.29 is 17.2 Å². The Morgan fingerprint density at radius 1 is 1.21 bits per heavy atom. The van der Waals surface area contributed by atoms with E-state index in [0.29, 0.717) is 40.2 Å². The first-order valence-electron chi connectivity index (χ1n) is 8.97. The summed E-state index contributed by atoms with van der Waals surface area (Å²) in [5, 5.41) is 8.20. The zero-order chi connectivity index (χ0) is 20.2. The molecular formula is C19H21FN4O3S. The first kappa shape index (κ1) is 18.7. The molecule has 0 atom stereocenters. The number of benzene rings is 1. The molecule has 2 heterocycles. The van der Waals surface area contributed by atoms with E-state index in [-0.39, 0.29) is 10.6 Å². The van der Waals surface area contributed by atoms with Crippen LogP contribution in [0.25, 0.3) is 11.6 Å². The summed E-state index contributed by atoms with van der Waals surface area (Å²) in [6.45, 7) is 5.03. The van der Waals surface area contributed by atoms with Crippen LogP contribution in [0, 0.1) is 26.6 Å². The Balaban J connectivity index is 1.75. The van der Waals surface area contributed by atoms with Crippen molar-refractivity contribution in [3.63, 3.8) is 0 Å². The maximum absolute atomic E-state index is 13.8. The molecule has 0 aliphatic heterocycles. The van der Waals surface area contributed by atoms with Gasteiger partial charge in [0.25, 0.3) is 15.9 Å². The van der Waals surface area contributed by atoms with Gasteiger partial charge in [0.05, 0.1) is 5.69 Å². The Hall–Kier alpha value is -2.68. The molecule has 3 aromatic rings. The largest absolute Gasteiger partial charge is 0.419 e. The molecule has 0 spiro atoms. The average molecular weight is 404 g/mol. The average Bonchev–Trinajstić information content (AvgIpc) is 3.31. The van der Waals surface area contributed by atoms with Gasteiger partial charge >= 0.3 is 0 Å². The maximum Gasteiger partial charge on any atom is 0.264 e. The number of nitrogens with one attached hydrogen (secondary N) is 1. The van der Waals surface area contributed by atoms with Crippen LogP contribution in [0.1, 0.15) is 41.5 Å². The fourth-order valence-corrected chi connectivity index (χ4v) is 4.90. The quantitative estimate of drug-likeness (QED) is 0.698. The Kier molecular flexibility index (Phi) is 4.29. The first-order valence-corrected chi connectivity index (χ1v) is 10.5. The van der Waals surface area contributed by atoms with Crippen molar-refractivity contribution in [1.82, 2.24) is 14.8 Å². The van der Waals surface area contributed by atoms with E-state index < -0.39 is 15.8 Å². The van der Waals surface area contributed by atoms with E-state index in [2.05, 4.69) is 14.9 Å². The van der Waals surface area contributed by atoms with E-state index in [4.69, 9.17) is 4.42 Å². The van der Waals surface area contributed by atoms with Crippen molar-refractivity contribution in [3.8, 4) is 11.6 Å². The molecule has 148 valence electrons. The second-order valence-corrected chi connectivity index (χ2v) is 8.86. The summed E-state index contributed by atoms with van der Waals surface area (Å²) in [4.78, 5) is 0.122. The lowest BCUT2D eigenvalue weighted by atomic mass is 10.2. The molecule has 1 N–H and O–H groups in total. The Morgan fingerprint density at radius 3 is 2.57 bits per heavy atom. The minimum absolute atomic E-state index is 0.122. The van der Waals surface area contributed by atoms with Gasteiger partial charge in [-0.1, -0.05) is 6.07 Å². The van der Waals surface area contributed by atoms with E-state index >= 15 is 0 Å². The molecule has 4 rings (SSSR count). The molecule has 0 unspecified atom stereocenters. The van der Waals surface area contributed by atoms with Crippen molar-refractivity contribution in [3.05, 3.63) is 46.7 Å². The molecule has 1 aliphatic carbocycles. The van der Waals surface area contributed by atoms with Crippen LogP contribution in [0.2, 0.25) is 0 Å². The molecule has 0 radical (unpaired) electrons. The summed E-state index contributed by atoms with van der Waals surface area (Å²) < 4.78 is 49.9. The Bertz CT molecular complexity index is 1180. The molecule has 2 aromatic heterocycles. The lowest BCUT2D eigenvalue weighted by Crippen LogP contribution is -2.15. The molecule has 1 aromatic carbocycles. The zero-order valence-corrected chi connectivity index (χ0v) is 16.9. The zero-order valence-electron chi connectivity index (χ0n) is 16.1. The van der Waals surface area contributed by atoms with E-state index in [9.17, 15) is 12.8 Å². The molecule has 28 heavy (non-hydrogen) atoms. The van der Waals surface area contributed by atoms with Crippen LogP contribution in [-0.2, 0) is 17.1 Å². The fraction of sp³-hybridized carbons (Fsp3) is 0.368. The highest BCUT2D eigenvalue weighted by Crippen LogP contribution is 2.41. The molecule has 0 bridgehead atoms. The summed E-state index contributed by atoms with van der Waals surface area (Å²) in [6, 6.07) is 4.23. The molecule has 1 saturated carbocycles. The van der Waals surface area contributed by atoms with Gasteiger partial charge in [0.15, 0.2) is 0 Å². The van der Waals surface area contributed by atoms with Crippen molar-refractivity contribution in [2.45, 2.75) is 44.4 Å². The van der Waals surface area contributed by atoms with Gasteiger partial charge in [-0.25, -0.2) is 12.8 Å². The van der Waals surface area contributed by atoms with Crippen LogP contribution in [0.15, 0.2) is 27.5 Å². The van der Waals surface area contributed by atoms with Crippen LogP contribution in [0.3, 0.4) is 0 Å². The van der Waals surface area contributed by atoms with Gasteiger partial charge in [-0.05, 0) is 51.3 Å². The van der Waals surface area contributed by atoms with Crippen LogP contribution < -0.4 is 4.72 Å². The van der Waals surface area contributed by atoms with Crippen LogP contribution in [-0.4, -0.2) is 23.2 Å². The minimum atomic E-state index is -3.94. The molecule has 7 nitrogen and oxygen atoms in total. The standard InChI is InChI=1S/C19H21FN4O3S/c1-10-5-8-14(9-15(10)20)23-28(25,26)17-11(2)16(24(4)12(17)3)19-22-21-18(27-19)13-6-7-13/h5,8-9,13,23H,6-7H2,1-4H3. The highest BCUT2D eigenvalue weighted by molar-refractivity contribution is 7.92. The lowest BCUT2D eigenvalue weighted by Gasteiger charge is -2.10. The fourth-order valence-electron chi connectivity index (χ4n) is 3.34. The molecule has 0 amide bonds. The van der Waals surface area contributed by atoms with E-state index in [1.807, 2.05) is 0 Å². The second-order valence-electron chi connectivity index (χ2n) is 7.24. The third-order valence-electron chi connectivity index (χ3n) is 5.13.